The number of aryl methyl sites for hydroxylation is 3. The number of thiophene rings is 1. The molecule has 3 N–H and O–H groups in total. The summed E-state index contributed by atoms with van der Waals surface area (Å²) in [6.45, 7) is 4.78. The number of carboxylic acids is 1. The van der Waals surface area contributed by atoms with Crippen molar-refractivity contribution in [3.8, 4) is 0 Å². The lowest BCUT2D eigenvalue weighted by Crippen LogP contribution is -2.54. The van der Waals surface area contributed by atoms with Crippen LogP contribution in [-0.2, 0) is 4.79 Å². The molecule has 3 aromatic carbocycles. The summed E-state index contributed by atoms with van der Waals surface area (Å²) in [5.74, 6) is -2.38. The Bertz CT molecular complexity index is 1780. The number of urea groups is 1. The van der Waals surface area contributed by atoms with E-state index in [0.717, 1.165) is 11.1 Å². The number of aromatic carboxylic acids is 1. The molecule has 0 aliphatic carbocycles. The van der Waals surface area contributed by atoms with Gasteiger partial charge in [-0.2, -0.15) is 0 Å². The molecule has 0 spiro atoms. The Kier molecular flexibility index (Phi) is 8.59. The van der Waals surface area contributed by atoms with Crippen LogP contribution in [0.2, 0.25) is 0 Å². The van der Waals surface area contributed by atoms with Crippen LogP contribution in [0.15, 0.2) is 78.2 Å². The normalized spacial score (nSPS) is 14.4. The Morgan fingerprint density at radius 1 is 0.886 bits per heavy atom. The highest BCUT2D eigenvalue weighted by atomic mass is 32.1. The summed E-state index contributed by atoms with van der Waals surface area (Å²) < 4.78 is 0. The molecule has 5 rings (SSSR count). The Labute approximate surface area is 257 Å². The predicted molar refractivity (Wildman–Crippen MR) is 169 cm³/mol. The Balaban J connectivity index is 1.53. The number of ketones is 1. The van der Waals surface area contributed by atoms with E-state index in [1.165, 1.54) is 27.2 Å². The summed E-state index contributed by atoms with van der Waals surface area (Å²) >= 11 is 1.25. The Morgan fingerprint density at radius 3 is 2.34 bits per heavy atom. The maximum atomic E-state index is 14.2. The zero-order valence-corrected chi connectivity index (χ0v) is 25.1. The van der Waals surface area contributed by atoms with Gasteiger partial charge >= 0.3 is 12.0 Å². The van der Waals surface area contributed by atoms with Gasteiger partial charge in [-0.1, -0.05) is 42.5 Å². The average molecular weight is 611 g/mol. The molecule has 0 radical (unpaired) electrons. The molecule has 10 nitrogen and oxygen atoms in total. The molecule has 224 valence electrons. The van der Waals surface area contributed by atoms with Gasteiger partial charge in [-0.3, -0.25) is 14.4 Å². The van der Waals surface area contributed by atoms with E-state index in [0.29, 0.717) is 27.4 Å². The number of rotatable bonds is 7. The molecule has 0 fully saturated rings. The molecule has 0 saturated carbocycles. The van der Waals surface area contributed by atoms with Crippen molar-refractivity contribution in [2.75, 3.05) is 28.2 Å². The van der Waals surface area contributed by atoms with Crippen molar-refractivity contribution in [1.82, 2.24) is 5.32 Å². The molecule has 0 bridgehead atoms. The fourth-order valence-corrected chi connectivity index (χ4v) is 5.78. The number of amides is 4. The van der Waals surface area contributed by atoms with Crippen LogP contribution in [0, 0.1) is 20.8 Å². The van der Waals surface area contributed by atoms with Gasteiger partial charge in [0, 0.05) is 11.3 Å². The zero-order valence-electron chi connectivity index (χ0n) is 24.3. The third kappa shape index (κ3) is 6.23. The predicted octanol–water partition coefficient (Wildman–Crippen LogP) is 5.44. The molecule has 0 saturated heterocycles. The highest BCUT2D eigenvalue weighted by Gasteiger charge is 2.38. The molecule has 1 aliphatic rings. The molecule has 44 heavy (non-hydrogen) atoms. The number of benzene rings is 3. The van der Waals surface area contributed by atoms with E-state index in [2.05, 4.69) is 10.6 Å². The van der Waals surface area contributed by atoms with Crippen molar-refractivity contribution in [3.05, 3.63) is 111 Å². The van der Waals surface area contributed by atoms with E-state index in [-0.39, 0.29) is 36.0 Å². The third-order valence-corrected chi connectivity index (χ3v) is 8.26. The van der Waals surface area contributed by atoms with Crippen LogP contribution in [0.1, 0.15) is 47.1 Å². The largest absolute Gasteiger partial charge is 0.478 e. The first kappa shape index (κ1) is 30.2. The molecule has 1 aromatic heterocycles. The second-order valence-corrected chi connectivity index (χ2v) is 11.5. The van der Waals surface area contributed by atoms with Crippen molar-refractivity contribution in [2.24, 2.45) is 0 Å². The fourth-order valence-electron chi connectivity index (χ4n) is 5.11. The van der Waals surface area contributed by atoms with Gasteiger partial charge < -0.3 is 25.5 Å². The average Bonchev–Trinajstić information content (AvgIpc) is 3.51. The number of fused-ring (bicyclic) bond motifs is 1. The molecular weight excluding hydrogens is 580 g/mol. The van der Waals surface area contributed by atoms with Crippen molar-refractivity contribution >= 4 is 58.0 Å². The van der Waals surface area contributed by atoms with Crippen LogP contribution in [0.4, 0.5) is 21.9 Å². The molecule has 2 heterocycles. The van der Waals surface area contributed by atoms with E-state index in [9.17, 15) is 29.1 Å². The SMILES string of the molecule is Cc1ccc2c(c1)N(CC(=O)c1ccccc1C)C(=O)C(NC(=O)Nc1ccc(C)c(C(=O)O)c1)CN2C(=O)c1cccs1. The molecule has 1 aliphatic heterocycles. The van der Waals surface area contributed by atoms with E-state index in [1.807, 2.05) is 32.0 Å². The molecule has 4 amide bonds. The van der Waals surface area contributed by atoms with E-state index < -0.39 is 23.9 Å². The van der Waals surface area contributed by atoms with Crippen LogP contribution in [0.3, 0.4) is 0 Å². The number of nitrogens with one attached hydrogen (secondary N) is 2. The van der Waals surface area contributed by atoms with E-state index >= 15 is 0 Å². The van der Waals surface area contributed by atoms with Gasteiger partial charge in [0.05, 0.1) is 34.9 Å². The van der Waals surface area contributed by atoms with Gasteiger partial charge in [0.1, 0.15) is 6.04 Å². The van der Waals surface area contributed by atoms with Crippen LogP contribution in [0.5, 0.6) is 0 Å². The van der Waals surface area contributed by atoms with E-state index in [1.54, 1.807) is 60.8 Å². The lowest BCUT2D eigenvalue weighted by Gasteiger charge is -2.25. The fraction of sp³-hybridized carbons (Fsp3) is 0.182. The first-order chi connectivity index (χ1) is 21.0. The maximum absolute atomic E-state index is 14.2. The van der Waals surface area contributed by atoms with Crippen LogP contribution >= 0.6 is 11.3 Å². The van der Waals surface area contributed by atoms with Gasteiger partial charge in [-0.05, 0) is 73.2 Å². The van der Waals surface area contributed by atoms with Gasteiger partial charge in [-0.15, -0.1) is 11.3 Å². The van der Waals surface area contributed by atoms with Crippen LogP contribution in [0.25, 0.3) is 0 Å². The number of anilines is 3. The standard InChI is InChI=1S/C33H30N4O6S/c1-19-10-13-26-27(15-19)37(18-28(38)23-8-5-4-7-20(23)2)30(39)25(17-36(26)31(40)29-9-6-14-44-29)35-33(43)34-22-12-11-21(3)24(16-22)32(41)42/h4-16,25H,17-18H2,1-3H3,(H,41,42)(H2,34,35,43). The number of carbonyl (C=O) groups excluding carboxylic acids is 4. The summed E-state index contributed by atoms with van der Waals surface area (Å²) in [6.07, 6.45) is 0. The van der Waals surface area contributed by atoms with Gasteiger partial charge in [0.2, 0.25) is 0 Å². The lowest BCUT2D eigenvalue weighted by molar-refractivity contribution is -0.119. The smallest absolute Gasteiger partial charge is 0.336 e. The number of carbonyl (C=O) groups is 5. The quantitative estimate of drug-likeness (QED) is 0.239. The van der Waals surface area contributed by atoms with Crippen molar-refractivity contribution < 1.29 is 29.1 Å². The minimum absolute atomic E-state index is 0.0211. The lowest BCUT2D eigenvalue weighted by atomic mass is 10.0. The topological polar surface area (TPSA) is 136 Å². The number of Topliss-reactive ketones (excluding diaryl/α,β-unsaturated/α-hetero) is 1. The second kappa shape index (κ2) is 12.5. The minimum Gasteiger partial charge on any atom is -0.478 e. The molecule has 1 unspecified atom stereocenters. The second-order valence-electron chi connectivity index (χ2n) is 10.5. The summed E-state index contributed by atoms with van der Waals surface area (Å²) in [5.41, 5.74) is 3.58. The summed E-state index contributed by atoms with van der Waals surface area (Å²) in [7, 11) is 0. The highest BCUT2D eigenvalue weighted by molar-refractivity contribution is 7.12. The molecule has 1 atom stereocenters. The monoisotopic (exact) mass is 610 g/mol. The first-order valence-electron chi connectivity index (χ1n) is 13.8. The first-order valence-corrected chi connectivity index (χ1v) is 14.7. The molecule has 4 aromatic rings. The summed E-state index contributed by atoms with van der Waals surface area (Å²) in [5, 5.41) is 16.5. The van der Waals surface area contributed by atoms with Crippen molar-refractivity contribution in [1.29, 1.82) is 0 Å². The molecular formula is C33H30N4O6S. The zero-order chi connectivity index (χ0) is 31.5. The summed E-state index contributed by atoms with van der Waals surface area (Å²) in [4.78, 5) is 69.6. The maximum Gasteiger partial charge on any atom is 0.336 e. The van der Waals surface area contributed by atoms with Gasteiger partial charge in [0.25, 0.3) is 11.8 Å². The minimum atomic E-state index is -1.25. The number of nitrogens with zero attached hydrogens (tertiary/aromatic N) is 2. The highest BCUT2D eigenvalue weighted by Crippen LogP contribution is 2.35. The van der Waals surface area contributed by atoms with Crippen molar-refractivity contribution in [3.63, 3.8) is 0 Å². The number of hydrogen-bond acceptors (Lipinski definition) is 6. The third-order valence-electron chi connectivity index (χ3n) is 7.40. The number of hydrogen-bond donors (Lipinski definition) is 3. The van der Waals surface area contributed by atoms with Crippen molar-refractivity contribution in [2.45, 2.75) is 26.8 Å². The molecule has 11 heteroatoms. The number of carboxylic acid groups (broad SMARTS) is 1. The van der Waals surface area contributed by atoms with Crippen LogP contribution < -0.4 is 20.4 Å². The van der Waals surface area contributed by atoms with Gasteiger partial charge in [0.15, 0.2) is 5.78 Å². The van der Waals surface area contributed by atoms with Crippen LogP contribution in [-0.4, -0.2) is 53.8 Å². The Morgan fingerprint density at radius 2 is 1.64 bits per heavy atom. The summed E-state index contributed by atoms with van der Waals surface area (Å²) in [6, 6.07) is 18.2. The Hall–Kier alpha value is -5.29. The van der Waals surface area contributed by atoms with E-state index in [4.69, 9.17) is 0 Å². The van der Waals surface area contributed by atoms with Gasteiger partial charge in [-0.25, -0.2) is 9.59 Å².